The standard InChI is InChI=1S/C18H18N2O5S/c1-4-12-10(2)26-17(16(12)18(22)23)20-15(21)9-25-13-6-5-11(8-19)7-14(13)24-3/h5-7H,4,9H2,1-3H3,(H,20,21)(H,22,23). The third-order valence-electron chi connectivity index (χ3n) is 3.68. The predicted octanol–water partition coefficient (Wildman–Crippen LogP) is 3.21. The first kappa shape index (κ1) is 19.3. The molecule has 136 valence electrons. The molecule has 0 atom stereocenters. The van der Waals surface area contributed by atoms with E-state index in [4.69, 9.17) is 14.7 Å². The highest BCUT2D eigenvalue weighted by Gasteiger charge is 2.22. The number of carbonyl (C=O) groups excluding carboxylic acids is 1. The fourth-order valence-corrected chi connectivity index (χ4v) is 3.63. The molecule has 2 aromatic rings. The molecule has 1 amide bonds. The minimum atomic E-state index is -1.07. The Morgan fingerprint density at radius 3 is 2.65 bits per heavy atom. The molecule has 7 nitrogen and oxygen atoms in total. The normalized spacial score (nSPS) is 10.1. The number of hydrogen-bond acceptors (Lipinski definition) is 6. The lowest BCUT2D eigenvalue weighted by atomic mass is 10.1. The van der Waals surface area contributed by atoms with E-state index in [1.54, 1.807) is 6.07 Å². The number of nitrogens with one attached hydrogen (secondary N) is 1. The molecule has 1 aromatic heterocycles. The van der Waals surface area contributed by atoms with Crippen molar-refractivity contribution in [3.8, 4) is 17.6 Å². The van der Waals surface area contributed by atoms with Crippen LogP contribution in [0.5, 0.6) is 11.5 Å². The fraction of sp³-hybridized carbons (Fsp3) is 0.278. The summed E-state index contributed by atoms with van der Waals surface area (Å²) in [6.45, 7) is 3.37. The van der Waals surface area contributed by atoms with E-state index < -0.39 is 11.9 Å². The van der Waals surface area contributed by atoms with Gasteiger partial charge in [0.05, 0.1) is 24.3 Å². The lowest BCUT2D eigenvalue weighted by Crippen LogP contribution is -2.21. The summed E-state index contributed by atoms with van der Waals surface area (Å²) in [5.74, 6) is -0.904. The van der Waals surface area contributed by atoms with Crippen LogP contribution in [0.15, 0.2) is 18.2 Å². The van der Waals surface area contributed by atoms with Gasteiger partial charge < -0.3 is 19.9 Å². The van der Waals surface area contributed by atoms with Gasteiger partial charge in [-0.3, -0.25) is 4.79 Å². The summed E-state index contributed by atoms with van der Waals surface area (Å²) in [7, 11) is 1.43. The van der Waals surface area contributed by atoms with Gasteiger partial charge in [-0.25, -0.2) is 4.79 Å². The van der Waals surface area contributed by atoms with E-state index in [9.17, 15) is 14.7 Å². The number of aromatic carboxylic acids is 1. The molecule has 0 saturated heterocycles. The van der Waals surface area contributed by atoms with Crippen LogP contribution < -0.4 is 14.8 Å². The van der Waals surface area contributed by atoms with Gasteiger partial charge in [0, 0.05) is 10.9 Å². The largest absolute Gasteiger partial charge is 0.493 e. The summed E-state index contributed by atoms with van der Waals surface area (Å²) >= 11 is 1.23. The average Bonchev–Trinajstić information content (AvgIpc) is 2.94. The average molecular weight is 374 g/mol. The van der Waals surface area contributed by atoms with Crippen LogP contribution in [0.2, 0.25) is 0 Å². The highest BCUT2D eigenvalue weighted by molar-refractivity contribution is 7.16. The van der Waals surface area contributed by atoms with Crippen molar-refractivity contribution in [2.45, 2.75) is 20.3 Å². The predicted molar refractivity (Wildman–Crippen MR) is 97.2 cm³/mol. The van der Waals surface area contributed by atoms with Crippen molar-refractivity contribution in [1.29, 1.82) is 5.26 Å². The number of anilines is 1. The van der Waals surface area contributed by atoms with Crippen molar-refractivity contribution in [2.24, 2.45) is 0 Å². The quantitative estimate of drug-likeness (QED) is 0.770. The second-order valence-electron chi connectivity index (χ2n) is 5.31. The van der Waals surface area contributed by atoms with Gasteiger partial charge in [0.15, 0.2) is 18.1 Å². The maximum atomic E-state index is 12.2. The van der Waals surface area contributed by atoms with E-state index in [2.05, 4.69) is 5.32 Å². The molecule has 2 rings (SSSR count). The zero-order valence-corrected chi connectivity index (χ0v) is 15.4. The van der Waals surface area contributed by atoms with Crippen LogP contribution in [0.25, 0.3) is 0 Å². The van der Waals surface area contributed by atoms with Gasteiger partial charge >= 0.3 is 5.97 Å². The molecule has 0 saturated carbocycles. The molecular weight excluding hydrogens is 356 g/mol. The van der Waals surface area contributed by atoms with E-state index in [-0.39, 0.29) is 12.2 Å². The Morgan fingerprint density at radius 2 is 2.08 bits per heavy atom. The first-order chi connectivity index (χ1) is 12.4. The molecular formula is C18H18N2O5S. The topological polar surface area (TPSA) is 109 Å². The molecule has 0 radical (unpaired) electrons. The maximum absolute atomic E-state index is 12.2. The van der Waals surface area contributed by atoms with E-state index in [1.165, 1.54) is 30.6 Å². The number of rotatable bonds is 7. The molecule has 2 N–H and O–H groups in total. The van der Waals surface area contributed by atoms with Crippen molar-refractivity contribution in [2.75, 3.05) is 19.0 Å². The van der Waals surface area contributed by atoms with Crippen LogP contribution in [0.4, 0.5) is 5.00 Å². The van der Waals surface area contributed by atoms with E-state index in [0.717, 1.165) is 4.88 Å². The summed E-state index contributed by atoms with van der Waals surface area (Å²) in [6, 6.07) is 6.58. The molecule has 1 aromatic carbocycles. The zero-order valence-electron chi connectivity index (χ0n) is 14.6. The van der Waals surface area contributed by atoms with Crippen molar-refractivity contribution in [1.82, 2.24) is 0 Å². The Kier molecular flexibility index (Phi) is 6.20. The van der Waals surface area contributed by atoms with Crippen LogP contribution in [-0.2, 0) is 11.2 Å². The van der Waals surface area contributed by atoms with E-state index >= 15 is 0 Å². The van der Waals surface area contributed by atoms with Gasteiger partial charge in [-0.05, 0) is 31.0 Å². The highest BCUT2D eigenvalue weighted by Crippen LogP contribution is 2.33. The number of methoxy groups -OCH3 is 1. The summed E-state index contributed by atoms with van der Waals surface area (Å²) < 4.78 is 10.6. The summed E-state index contributed by atoms with van der Waals surface area (Å²) in [4.78, 5) is 24.5. The summed E-state index contributed by atoms with van der Waals surface area (Å²) in [5, 5.41) is 21.2. The van der Waals surface area contributed by atoms with Crippen LogP contribution in [0.3, 0.4) is 0 Å². The van der Waals surface area contributed by atoms with Crippen LogP contribution in [0, 0.1) is 18.3 Å². The third-order valence-corrected chi connectivity index (χ3v) is 4.74. The van der Waals surface area contributed by atoms with Crippen LogP contribution >= 0.6 is 11.3 Å². The fourth-order valence-electron chi connectivity index (χ4n) is 2.48. The number of carboxylic acid groups (broad SMARTS) is 1. The number of amides is 1. The molecule has 0 unspecified atom stereocenters. The Labute approximate surface area is 154 Å². The van der Waals surface area contributed by atoms with Gasteiger partial charge in [0.25, 0.3) is 5.91 Å². The van der Waals surface area contributed by atoms with Crippen molar-refractivity contribution in [3.05, 3.63) is 39.8 Å². The Balaban J connectivity index is 2.11. The van der Waals surface area contributed by atoms with Gasteiger partial charge in [-0.2, -0.15) is 5.26 Å². The molecule has 0 aliphatic carbocycles. The number of nitrogens with zero attached hydrogens (tertiary/aromatic N) is 1. The smallest absolute Gasteiger partial charge is 0.339 e. The molecule has 0 aliphatic rings. The summed E-state index contributed by atoms with van der Waals surface area (Å²) in [6.07, 6.45) is 0.568. The second-order valence-corrected chi connectivity index (χ2v) is 6.54. The second kappa shape index (κ2) is 8.36. The van der Waals surface area contributed by atoms with E-state index in [1.807, 2.05) is 19.9 Å². The van der Waals surface area contributed by atoms with Gasteiger partial charge in [0.1, 0.15) is 5.00 Å². The number of carboxylic acids is 1. The van der Waals surface area contributed by atoms with Crippen LogP contribution in [0.1, 0.15) is 33.3 Å². The first-order valence-corrected chi connectivity index (χ1v) is 8.59. The van der Waals surface area contributed by atoms with Crippen LogP contribution in [-0.4, -0.2) is 30.7 Å². The zero-order chi connectivity index (χ0) is 19.3. The lowest BCUT2D eigenvalue weighted by Gasteiger charge is -2.11. The van der Waals surface area contributed by atoms with E-state index in [0.29, 0.717) is 34.0 Å². The Hall–Kier alpha value is -3.05. The first-order valence-electron chi connectivity index (χ1n) is 7.77. The van der Waals surface area contributed by atoms with Gasteiger partial charge in [-0.15, -0.1) is 11.3 Å². The third kappa shape index (κ3) is 4.13. The number of benzene rings is 1. The number of thiophene rings is 1. The molecule has 0 spiro atoms. The van der Waals surface area contributed by atoms with Gasteiger partial charge in [0.2, 0.25) is 0 Å². The van der Waals surface area contributed by atoms with Gasteiger partial charge in [-0.1, -0.05) is 6.92 Å². The van der Waals surface area contributed by atoms with Crippen molar-refractivity contribution < 1.29 is 24.2 Å². The number of aryl methyl sites for hydroxylation is 1. The molecule has 1 heterocycles. The molecule has 0 fully saturated rings. The Morgan fingerprint density at radius 1 is 1.35 bits per heavy atom. The monoisotopic (exact) mass is 374 g/mol. The maximum Gasteiger partial charge on any atom is 0.339 e. The minimum Gasteiger partial charge on any atom is -0.493 e. The highest BCUT2D eigenvalue weighted by atomic mass is 32.1. The Bertz CT molecular complexity index is 882. The lowest BCUT2D eigenvalue weighted by molar-refractivity contribution is -0.118. The number of ether oxygens (including phenoxy) is 2. The molecule has 8 heteroatoms. The number of hydrogen-bond donors (Lipinski definition) is 2. The molecule has 0 bridgehead atoms. The SMILES string of the molecule is CCc1c(C)sc(NC(=O)COc2ccc(C#N)cc2OC)c1C(=O)O. The molecule has 26 heavy (non-hydrogen) atoms. The summed E-state index contributed by atoms with van der Waals surface area (Å²) in [5.41, 5.74) is 1.25. The van der Waals surface area contributed by atoms with Crippen molar-refractivity contribution in [3.63, 3.8) is 0 Å². The number of nitriles is 1. The minimum absolute atomic E-state index is 0.124. The van der Waals surface area contributed by atoms with Crippen molar-refractivity contribution >= 4 is 28.2 Å². The number of carbonyl (C=O) groups is 2. The molecule has 0 aliphatic heterocycles.